The molecular weight excluding hydrogens is 320 g/mol. The minimum absolute atomic E-state index is 0.293. The molecule has 0 aliphatic heterocycles. The summed E-state index contributed by atoms with van der Waals surface area (Å²) in [6, 6.07) is 10.7. The summed E-state index contributed by atoms with van der Waals surface area (Å²) in [7, 11) is 1.75. The first-order valence-corrected chi connectivity index (χ1v) is 7.35. The smallest absolute Gasteiger partial charge is 0.136 e. The molecule has 0 saturated heterocycles. The highest BCUT2D eigenvalue weighted by Gasteiger charge is 2.19. The van der Waals surface area contributed by atoms with Crippen molar-refractivity contribution in [1.29, 1.82) is 0 Å². The molecule has 23 heavy (non-hydrogen) atoms. The molecule has 0 amide bonds. The summed E-state index contributed by atoms with van der Waals surface area (Å²) in [4.78, 5) is 0. The molecule has 0 saturated carbocycles. The average Bonchev–Trinajstić information content (AvgIpc) is 2.74. The van der Waals surface area contributed by atoms with Gasteiger partial charge in [-0.15, -0.1) is 0 Å². The number of nitrogens with one attached hydrogen (secondary N) is 1. The zero-order chi connectivity index (χ0) is 16.6. The van der Waals surface area contributed by atoms with Gasteiger partial charge in [0.2, 0.25) is 0 Å². The normalized spacial score (nSPS) is 10.8. The van der Waals surface area contributed by atoms with E-state index in [2.05, 4.69) is 10.4 Å². The SMILES string of the molecule is Cc1nn(C)c(Nc2cccc(Cl)c2)c1-c1ccc(F)cc1F. The summed E-state index contributed by atoms with van der Waals surface area (Å²) < 4.78 is 29.0. The molecule has 0 radical (unpaired) electrons. The summed E-state index contributed by atoms with van der Waals surface area (Å²) in [6.07, 6.45) is 0. The molecule has 0 unspecified atom stereocenters. The van der Waals surface area contributed by atoms with Crippen LogP contribution in [-0.2, 0) is 7.05 Å². The Balaban J connectivity index is 2.11. The number of anilines is 2. The maximum Gasteiger partial charge on any atom is 0.136 e. The Labute approximate surface area is 137 Å². The van der Waals surface area contributed by atoms with Gasteiger partial charge in [-0.25, -0.2) is 8.78 Å². The molecule has 2 aromatic carbocycles. The first-order chi connectivity index (χ1) is 11.0. The maximum absolute atomic E-state index is 14.2. The Kier molecular flexibility index (Phi) is 4.05. The highest BCUT2D eigenvalue weighted by Crippen LogP contribution is 2.35. The van der Waals surface area contributed by atoms with E-state index in [1.54, 1.807) is 30.8 Å². The molecule has 1 N–H and O–H groups in total. The molecule has 0 bridgehead atoms. The molecule has 118 valence electrons. The lowest BCUT2D eigenvalue weighted by atomic mass is 10.0. The van der Waals surface area contributed by atoms with Crippen LogP contribution in [0.1, 0.15) is 5.69 Å². The fourth-order valence-electron chi connectivity index (χ4n) is 2.52. The number of hydrogen-bond acceptors (Lipinski definition) is 2. The Hall–Kier alpha value is -2.40. The number of rotatable bonds is 3. The molecule has 6 heteroatoms. The summed E-state index contributed by atoms with van der Waals surface area (Å²) >= 11 is 5.99. The van der Waals surface area contributed by atoms with Crippen molar-refractivity contribution >= 4 is 23.1 Å². The molecule has 0 aliphatic rings. The highest BCUT2D eigenvalue weighted by atomic mass is 35.5. The standard InChI is InChI=1S/C17H14ClF2N3/c1-10-16(14-7-6-12(19)9-15(14)20)17(23(2)22-10)21-13-5-3-4-11(18)8-13/h3-9,21H,1-2H3. The second-order valence-electron chi connectivity index (χ2n) is 5.19. The van der Waals surface area contributed by atoms with Crippen LogP contribution in [0.3, 0.4) is 0 Å². The van der Waals surface area contributed by atoms with E-state index in [-0.39, 0.29) is 0 Å². The van der Waals surface area contributed by atoms with Gasteiger partial charge < -0.3 is 5.32 Å². The second-order valence-corrected chi connectivity index (χ2v) is 5.63. The number of nitrogens with zero attached hydrogens (tertiary/aromatic N) is 2. The molecule has 1 aromatic heterocycles. The van der Waals surface area contributed by atoms with Gasteiger partial charge in [0.05, 0.1) is 11.3 Å². The number of halogens is 3. The van der Waals surface area contributed by atoms with Crippen molar-refractivity contribution in [2.75, 3.05) is 5.32 Å². The first-order valence-electron chi connectivity index (χ1n) is 6.97. The Morgan fingerprint density at radius 3 is 2.61 bits per heavy atom. The largest absolute Gasteiger partial charge is 0.340 e. The van der Waals surface area contributed by atoms with Crippen LogP contribution in [0.5, 0.6) is 0 Å². The van der Waals surface area contributed by atoms with Crippen molar-refractivity contribution in [3.63, 3.8) is 0 Å². The van der Waals surface area contributed by atoms with E-state index >= 15 is 0 Å². The number of hydrogen-bond donors (Lipinski definition) is 1. The van der Waals surface area contributed by atoms with E-state index in [4.69, 9.17) is 11.6 Å². The van der Waals surface area contributed by atoms with Crippen LogP contribution >= 0.6 is 11.6 Å². The third kappa shape index (κ3) is 3.05. The summed E-state index contributed by atoms with van der Waals surface area (Å²) in [5, 5.41) is 8.12. The van der Waals surface area contributed by atoms with Gasteiger partial charge in [0, 0.05) is 29.4 Å². The molecule has 0 aliphatic carbocycles. The zero-order valence-corrected chi connectivity index (χ0v) is 13.3. The van der Waals surface area contributed by atoms with E-state index in [1.165, 1.54) is 12.1 Å². The minimum Gasteiger partial charge on any atom is -0.340 e. The van der Waals surface area contributed by atoms with Crippen LogP contribution in [0.25, 0.3) is 11.1 Å². The van der Waals surface area contributed by atoms with Crippen LogP contribution < -0.4 is 5.32 Å². The summed E-state index contributed by atoms with van der Waals surface area (Å²) in [5.41, 5.74) is 2.28. The van der Waals surface area contributed by atoms with Gasteiger partial charge in [-0.2, -0.15) is 5.10 Å². The third-order valence-corrected chi connectivity index (χ3v) is 3.75. The average molecular weight is 334 g/mol. The van der Waals surface area contributed by atoms with Gasteiger partial charge in [-0.1, -0.05) is 17.7 Å². The lowest BCUT2D eigenvalue weighted by Gasteiger charge is -2.11. The van der Waals surface area contributed by atoms with E-state index < -0.39 is 11.6 Å². The van der Waals surface area contributed by atoms with Gasteiger partial charge in [0.15, 0.2) is 0 Å². The van der Waals surface area contributed by atoms with Crippen molar-refractivity contribution in [1.82, 2.24) is 9.78 Å². The van der Waals surface area contributed by atoms with Crippen LogP contribution in [0.15, 0.2) is 42.5 Å². The van der Waals surface area contributed by atoms with Crippen molar-refractivity contribution in [2.24, 2.45) is 7.05 Å². The first kappa shape index (κ1) is 15.5. The van der Waals surface area contributed by atoms with E-state index in [9.17, 15) is 8.78 Å². The molecule has 3 aromatic rings. The fraction of sp³-hybridized carbons (Fsp3) is 0.118. The molecule has 3 rings (SSSR count). The fourth-order valence-corrected chi connectivity index (χ4v) is 2.71. The number of aryl methyl sites for hydroxylation is 2. The maximum atomic E-state index is 14.2. The molecule has 3 nitrogen and oxygen atoms in total. The molecule has 0 spiro atoms. The zero-order valence-electron chi connectivity index (χ0n) is 12.6. The second kappa shape index (κ2) is 6.01. The van der Waals surface area contributed by atoms with Gasteiger partial charge in [0.1, 0.15) is 17.5 Å². The Morgan fingerprint density at radius 2 is 1.91 bits per heavy atom. The van der Waals surface area contributed by atoms with Gasteiger partial charge in [0.25, 0.3) is 0 Å². The third-order valence-electron chi connectivity index (χ3n) is 3.51. The predicted molar refractivity (Wildman–Crippen MR) is 88.0 cm³/mol. The van der Waals surface area contributed by atoms with E-state index in [1.807, 2.05) is 12.1 Å². The molecule has 0 fully saturated rings. The lowest BCUT2D eigenvalue weighted by molar-refractivity contribution is 0.585. The van der Waals surface area contributed by atoms with Crippen molar-refractivity contribution in [3.05, 3.63) is 64.8 Å². The lowest BCUT2D eigenvalue weighted by Crippen LogP contribution is -2.00. The van der Waals surface area contributed by atoms with Gasteiger partial charge >= 0.3 is 0 Å². The van der Waals surface area contributed by atoms with Crippen molar-refractivity contribution in [3.8, 4) is 11.1 Å². The summed E-state index contributed by atoms with van der Waals surface area (Å²) in [5.74, 6) is -0.636. The Morgan fingerprint density at radius 1 is 1.13 bits per heavy atom. The molecule has 1 heterocycles. The minimum atomic E-state index is -0.629. The van der Waals surface area contributed by atoms with Crippen molar-refractivity contribution in [2.45, 2.75) is 6.92 Å². The van der Waals surface area contributed by atoms with E-state index in [0.29, 0.717) is 27.7 Å². The van der Waals surface area contributed by atoms with E-state index in [0.717, 1.165) is 11.8 Å². The Bertz CT molecular complexity index is 874. The number of aromatic nitrogens is 2. The topological polar surface area (TPSA) is 29.9 Å². The quantitative estimate of drug-likeness (QED) is 0.725. The van der Waals surface area contributed by atoms with Crippen LogP contribution in [0.2, 0.25) is 5.02 Å². The van der Waals surface area contributed by atoms with Gasteiger partial charge in [-0.3, -0.25) is 4.68 Å². The van der Waals surface area contributed by atoms with Crippen LogP contribution in [0, 0.1) is 18.6 Å². The predicted octanol–water partition coefficient (Wildman–Crippen LogP) is 5.07. The van der Waals surface area contributed by atoms with Crippen LogP contribution in [0.4, 0.5) is 20.3 Å². The molecule has 0 atom stereocenters. The molecular formula is C17H14ClF2N3. The van der Waals surface area contributed by atoms with Crippen molar-refractivity contribution < 1.29 is 8.78 Å². The van der Waals surface area contributed by atoms with Crippen LogP contribution in [-0.4, -0.2) is 9.78 Å². The monoisotopic (exact) mass is 333 g/mol. The highest BCUT2D eigenvalue weighted by molar-refractivity contribution is 6.30. The summed E-state index contributed by atoms with van der Waals surface area (Å²) in [6.45, 7) is 1.78. The van der Waals surface area contributed by atoms with Gasteiger partial charge in [-0.05, 0) is 37.3 Å². The number of benzene rings is 2.